The molecule has 0 saturated carbocycles. The average Bonchev–Trinajstić information content (AvgIpc) is 3.06. The number of hydrogen-bond donors (Lipinski definition) is 2. The number of nitro groups is 1. The molecule has 3 aromatic heterocycles. The number of nitrogen functional groups attached to an aromatic ring is 1. The normalized spacial score (nSPS) is 10.8. The van der Waals surface area contributed by atoms with E-state index in [0.717, 1.165) is 10.2 Å². The van der Waals surface area contributed by atoms with E-state index < -0.39 is 10.9 Å². The zero-order valence-corrected chi connectivity index (χ0v) is 10.7. The van der Waals surface area contributed by atoms with E-state index >= 15 is 0 Å². The summed E-state index contributed by atoms with van der Waals surface area (Å²) in [6.07, 6.45) is 1.26. The number of aromatic nitrogens is 5. The molecule has 10 nitrogen and oxygen atoms in total. The van der Waals surface area contributed by atoms with Gasteiger partial charge in [-0.25, -0.2) is 15.8 Å². The predicted octanol–water partition coefficient (Wildman–Crippen LogP) is 0.525. The number of anilines is 1. The van der Waals surface area contributed by atoms with Crippen LogP contribution in [0.4, 0.5) is 11.8 Å². The van der Waals surface area contributed by atoms with Crippen LogP contribution in [-0.4, -0.2) is 29.7 Å². The first-order valence-corrected chi connectivity index (χ1v) is 6.30. The molecule has 0 aliphatic heterocycles. The van der Waals surface area contributed by atoms with Crippen molar-refractivity contribution in [1.29, 1.82) is 0 Å². The van der Waals surface area contributed by atoms with Gasteiger partial charge in [-0.15, -0.1) is 11.3 Å². The van der Waals surface area contributed by atoms with Crippen LogP contribution in [0.15, 0.2) is 17.8 Å². The Labute approximate surface area is 115 Å². The monoisotopic (exact) mass is 292 g/mol. The van der Waals surface area contributed by atoms with Gasteiger partial charge in [-0.2, -0.15) is 4.68 Å². The third-order valence-electron chi connectivity index (χ3n) is 2.50. The molecule has 20 heavy (non-hydrogen) atoms. The average molecular weight is 292 g/mol. The summed E-state index contributed by atoms with van der Waals surface area (Å²) in [7, 11) is 0. The third kappa shape index (κ3) is 2.15. The van der Waals surface area contributed by atoms with Crippen LogP contribution in [0.2, 0.25) is 0 Å². The van der Waals surface area contributed by atoms with Crippen molar-refractivity contribution < 1.29 is 4.92 Å². The van der Waals surface area contributed by atoms with Crippen LogP contribution in [0.3, 0.4) is 0 Å². The van der Waals surface area contributed by atoms with E-state index in [0.29, 0.717) is 11.6 Å². The second kappa shape index (κ2) is 4.79. The molecule has 0 fully saturated rings. The summed E-state index contributed by atoms with van der Waals surface area (Å²) in [6.45, 7) is 0.170. The summed E-state index contributed by atoms with van der Waals surface area (Å²) in [5.41, 5.74) is 2.51. The maximum atomic E-state index is 10.5. The summed E-state index contributed by atoms with van der Waals surface area (Å²) in [5.74, 6) is 5.90. The number of nitrogens with one attached hydrogen (secondary N) is 1. The molecule has 11 heteroatoms. The molecule has 3 aromatic rings. The lowest BCUT2D eigenvalue weighted by Crippen LogP contribution is -2.12. The molecule has 3 heterocycles. The van der Waals surface area contributed by atoms with E-state index in [9.17, 15) is 10.1 Å². The molecule has 0 saturated heterocycles. The van der Waals surface area contributed by atoms with Crippen LogP contribution >= 0.6 is 11.3 Å². The van der Waals surface area contributed by atoms with Crippen molar-refractivity contribution in [2.45, 2.75) is 6.54 Å². The minimum absolute atomic E-state index is 0.170. The van der Waals surface area contributed by atoms with E-state index in [1.54, 1.807) is 0 Å². The summed E-state index contributed by atoms with van der Waals surface area (Å²) < 4.78 is 1.30. The number of rotatable bonds is 4. The largest absolute Gasteiger partial charge is 0.490 e. The van der Waals surface area contributed by atoms with Crippen molar-refractivity contribution in [2.24, 2.45) is 5.84 Å². The van der Waals surface area contributed by atoms with Gasteiger partial charge in [-0.05, 0) is 16.4 Å². The van der Waals surface area contributed by atoms with Crippen molar-refractivity contribution in [1.82, 2.24) is 24.7 Å². The van der Waals surface area contributed by atoms with Gasteiger partial charge in [0.15, 0.2) is 11.6 Å². The predicted molar refractivity (Wildman–Crippen MR) is 71.0 cm³/mol. The second-order valence-corrected chi connectivity index (χ2v) is 4.67. The molecule has 0 aliphatic carbocycles. The maximum Gasteiger partial charge on any atom is 0.490 e. The van der Waals surface area contributed by atoms with Gasteiger partial charge in [0.2, 0.25) is 6.33 Å². The Hall–Kier alpha value is -2.66. The topological polar surface area (TPSA) is 138 Å². The fourth-order valence-electron chi connectivity index (χ4n) is 1.67. The minimum atomic E-state index is -0.660. The number of thiophene rings is 1. The number of nitrogens with zero attached hydrogens (tertiary/aromatic N) is 6. The van der Waals surface area contributed by atoms with E-state index in [4.69, 9.17) is 5.84 Å². The number of hydrogen-bond acceptors (Lipinski definition) is 9. The zero-order valence-electron chi connectivity index (χ0n) is 9.92. The Kier molecular flexibility index (Phi) is 2.96. The van der Waals surface area contributed by atoms with E-state index in [1.165, 1.54) is 22.3 Å². The van der Waals surface area contributed by atoms with Crippen molar-refractivity contribution in [3.8, 4) is 0 Å². The first kappa shape index (κ1) is 12.4. The number of fused-ring (bicyclic) bond motifs is 1. The SMILES string of the molecule is NNc1nc(Cn2cnc([N+](=O)[O-])n2)nc2sccc12. The highest BCUT2D eigenvalue weighted by Gasteiger charge is 2.15. The first-order valence-electron chi connectivity index (χ1n) is 5.42. The molecular formula is C9H8N8O2S. The second-order valence-electron chi connectivity index (χ2n) is 3.77. The fraction of sp³-hybridized carbons (Fsp3) is 0.111. The Bertz CT molecular complexity index is 781. The highest BCUT2D eigenvalue weighted by molar-refractivity contribution is 7.16. The van der Waals surface area contributed by atoms with Crippen LogP contribution < -0.4 is 11.3 Å². The van der Waals surface area contributed by atoms with Gasteiger partial charge in [0.25, 0.3) is 0 Å². The van der Waals surface area contributed by atoms with Gasteiger partial charge in [0, 0.05) is 5.10 Å². The smallest absolute Gasteiger partial charge is 0.390 e. The van der Waals surface area contributed by atoms with Crippen molar-refractivity contribution in [3.05, 3.63) is 33.7 Å². The van der Waals surface area contributed by atoms with Crippen LogP contribution in [0.1, 0.15) is 5.82 Å². The summed E-state index contributed by atoms with van der Waals surface area (Å²) in [6, 6.07) is 1.86. The van der Waals surface area contributed by atoms with Crippen molar-refractivity contribution >= 4 is 33.3 Å². The zero-order chi connectivity index (χ0) is 14.1. The summed E-state index contributed by atoms with van der Waals surface area (Å²) in [4.78, 5) is 22.8. The molecular weight excluding hydrogens is 284 g/mol. The van der Waals surface area contributed by atoms with Crippen LogP contribution in [0.5, 0.6) is 0 Å². The van der Waals surface area contributed by atoms with Crippen LogP contribution in [0, 0.1) is 10.1 Å². The lowest BCUT2D eigenvalue weighted by Gasteiger charge is -2.03. The Morgan fingerprint density at radius 1 is 1.50 bits per heavy atom. The minimum Gasteiger partial charge on any atom is -0.390 e. The van der Waals surface area contributed by atoms with Gasteiger partial charge < -0.3 is 15.5 Å². The van der Waals surface area contributed by atoms with Crippen LogP contribution in [-0.2, 0) is 6.54 Å². The highest BCUT2D eigenvalue weighted by Crippen LogP contribution is 2.24. The fourth-order valence-corrected chi connectivity index (χ4v) is 2.45. The molecule has 0 unspecified atom stereocenters. The van der Waals surface area contributed by atoms with Gasteiger partial charge in [0.1, 0.15) is 11.4 Å². The molecule has 3 rings (SSSR count). The molecule has 0 spiro atoms. The van der Waals surface area contributed by atoms with Gasteiger partial charge in [-0.1, -0.05) is 4.98 Å². The standard InChI is InChI=1S/C9H8N8O2S/c10-14-7-5-1-2-20-8(5)13-6(12-7)3-16-4-11-9(15-16)17(18)19/h1-2,4H,3,10H2,(H,12,13,14). The maximum absolute atomic E-state index is 10.5. The lowest BCUT2D eigenvalue weighted by molar-refractivity contribution is -0.394. The first-order chi connectivity index (χ1) is 9.67. The molecule has 0 atom stereocenters. The van der Waals surface area contributed by atoms with Crippen molar-refractivity contribution in [2.75, 3.05) is 5.43 Å². The van der Waals surface area contributed by atoms with E-state index in [1.807, 2.05) is 11.4 Å². The van der Waals surface area contributed by atoms with Gasteiger partial charge in [0.05, 0.1) is 5.39 Å². The molecule has 0 amide bonds. The quantitative estimate of drug-likeness (QED) is 0.403. The molecule has 0 aromatic carbocycles. The molecule has 102 valence electrons. The van der Waals surface area contributed by atoms with Crippen molar-refractivity contribution in [3.63, 3.8) is 0 Å². The van der Waals surface area contributed by atoms with Gasteiger partial charge >= 0.3 is 5.95 Å². The van der Waals surface area contributed by atoms with Crippen LogP contribution in [0.25, 0.3) is 10.2 Å². The van der Waals surface area contributed by atoms with E-state index in [2.05, 4.69) is 25.5 Å². The number of hydrazine groups is 1. The Balaban J connectivity index is 1.95. The number of nitrogens with two attached hydrogens (primary N) is 1. The lowest BCUT2D eigenvalue weighted by atomic mass is 10.4. The summed E-state index contributed by atoms with van der Waals surface area (Å²) in [5, 5.41) is 16.9. The Morgan fingerprint density at radius 2 is 2.35 bits per heavy atom. The van der Waals surface area contributed by atoms with E-state index in [-0.39, 0.29) is 6.54 Å². The Morgan fingerprint density at radius 3 is 3.05 bits per heavy atom. The third-order valence-corrected chi connectivity index (χ3v) is 3.31. The molecule has 3 N–H and O–H groups in total. The molecule has 0 radical (unpaired) electrons. The highest BCUT2D eigenvalue weighted by atomic mass is 32.1. The molecule has 0 aliphatic rings. The molecule has 0 bridgehead atoms. The van der Waals surface area contributed by atoms with Gasteiger partial charge in [-0.3, -0.25) is 0 Å². The summed E-state index contributed by atoms with van der Waals surface area (Å²) >= 11 is 1.45.